The van der Waals surface area contributed by atoms with Gasteiger partial charge in [0.05, 0.1) is 11.4 Å². The van der Waals surface area contributed by atoms with Crippen LogP contribution in [-0.4, -0.2) is 10.3 Å². The van der Waals surface area contributed by atoms with Gasteiger partial charge in [-0.1, -0.05) is 23.7 Å². The molecule has 96 valence electrons. The van der Waals surface area contributed by atoms with Crippen LogP contribution in [0, 0.1) is 0 Å². The number of nitrogens with one attached hydrogen (secondary N) is 1. The van der Waals surface area contributed by atoms with Gasteiger partial charge in [0, 0.05) is 11.6 Å². The molecule has 0 saturated carbocycles. The Morgan fingerprint density at radius 2 is 2.00 bits per heavy atom. The Morgan fingerprint density at radius 3 is 2.84 bits per heavy atom. The molecule has 0 atom stereocenters. The van der Waals surface area contributed by atoms with Crippen molar-refractivity contribution in [3.63, 3.8) is 0 Å². The van der Waals surface area contributed by atoms with E-state index in [0.717, 1.165) is 11.3 Å². The highest BCUT2D eigenvalue weighted by molar-refractivity contribution is 6.30. The summed E-state index contributed by atoms with van der Waals surface area (Å²) in [6.07, 6.45) is 0. The number of fused-ring (bicyclic) bond motifs is 1. The van der Waals surface area contributed by atoms with Crippen LogP contribution in [0.5, 0.6) is 0 Å². The second kappa shape index (κ2) is 4.78. The fourth-order valence-corrected chi connectivity index (χ4v) is 2.09. The van der Waals surface area contributed by atoms with E-state index in [1.165, 1.54) is 0 Å². The molecule has 0 radical (unpaired) electrons. The lowest BCUT2D eigenvalue weighted by Gasteiger charge is -2.07. The zero-order valence-corrected chi connectivity index (χ0v) is 10.7. The number of hydrogen-bond donors (Lipinski definition) is 2. The summed E-state index contributed by atoms with van der Waals surface area (Å²) in [6.45, 7) is 0.631. The fourth-order valence-electron chi connectivity index (χ4n) is 1.87. The lowest BCUT2D eigenvalue weighted by atomic mass is 10.2. The van der Waals surface area contributed by atoms with Gasteiger partial charge in [0.2, 0.25) is 0 Å². The van der Waals surface area contributed by atoms with Crippen LogP contribution in [0.25, 0.3) is 11.0 Å². The summed E-state index contributed by atoms with van der Waals surface area (Å²) in [5.41, 5.74) is 9.43. The molecule has 6 heteroatoms. The van der Waals surface area contributed by atoms with Crippen LogP contribution in [-0.2, 0) is 6.54 Å². The van der Waals surface area contributed by atoms with E-state index in [4.69, 9.17) is 22.0 Å². The molecule has 0 aliphatic heterocycles. The monoisotopic (exact) mass is 274 g/mol. The molecule has 3 N–H and O–H groups in total. The van der Waals surface area contributed by atoms with Crippen LogP contribution in [0.3, 0.4) is 0 Å². The van der Waals surface area contributed by atoms with Crippen molar-refractivity contribution in [2.24, 2.45) is 0 Å². The topological polar surface area (TPSA) is 77.0 Å². The summed E-state index contributed by atoms with van der Waals surface area (Å²) in [4.78, 5) is 0. The van der Waals surface area contributed by atoms with Crippen molar-refractivity contribution in [1.29, 1.82) is 0 Å². The molecule has 19 heavy (non-hydrogen) atoms. The molecule has 0 aliphatic carbocycles. The molecule has 1 heterocycles. The van der Waals surface area contributed by atoms with Crippen LogP contribution in [0.2, 0.25) is 5.02 Å². The van der Waals surface area contributed by atoms with Crippen molar-refractivity contribution in [3.05, 3.63) is 47.0 Å². The summed E-state index contributed by atoms with van der Waals surface area (Å²) >= 11 is 5.94. The van der Waals surface area contributed by atoms with Crippen molar-refractivity contribution >= 4 is 34.0 Å². The van der Waals surface area contributed by atoms with Crippen LogP contribution in [0.15, 0.2) is 41.0 Å². The third-order valence-electron chi connectivity index (χ3n) is 2.82. The van der Waals surface area contributed by atoms with Crippen LogP contribution in [0.1, 0.15) is 5.56 Å². The Balaban J connectivity index is 1.86. The number of rotatable bonds is 3. The maximum absolute atomic E-state index is 5.94. The van der Waals surface area contributed by atoms with Gasteiger partial charge in [0.1, 0.15) is 0 Å². The number of halogens is 1. The first-order chi connectivity index (χ1) is 9.24. The maximum Gasteiger partial charge on any atom is 0.160 e. The van der Waals surface area contributed by atoms with Gasteiger partial charge in [-0.2, -0.15) is 0 Å². The summed E-state index contributed by atoms with van der Waals surface area (Å²) in [5.74, 6) is 0. The van der Waals surface area contributed by atoms with Crippen LogP contribution >= 0.6 is 11.6 Å². The molecule has 3 rings (SSSR count). The second-order valence-electron chi connectivity index (χ2n) is 4.15. The van der Waals surface area contributed by atoms with Crippen molar-refractivity contribution in [3.8, 4) is 0 Å². The molecule has 0 saturated heterocycles. The number of aromatic nitrogens is 2. The number of benzene rings is 2. The SMILES string of the molecule is Nc1ccc(NCc2cccc(Cl)c2)c2nonc12. The van der Waals surface area contributed by atoms with E-state index < -0.39 is 0 Å². The number of nitrogens with two attached hydrogens (primary N) is 1. The highest BCUT2D eigenvalue weighted by Crippen LogP contribution is 2.25. The van der Waals surface area contributed by atoms with Gasteiger partial charge in [0.25, 0.3) is 0 Å². The standard InChI is InChI=1S/C13H11ClN4O/c14-9-3-1-2-8(6-9)7-16-11-5-4-10(15)12-13(11)18-19-17-12/h1-6,16H,7,15H2. The Bertz CT molecular complexity index is 725. The highest BCUT2D eigenvalue weighted by atomic mass is 35.5. The van der Waals surface area contributed by atoms with Crippen molar-refractivity contribution in [2.45, 2.75) is 6.54 Å². The third kappa shape index (κ3) is 2.32. The smallest absolute Gasteiger partial charge is 0.160 e. The molecule has 0 aliphatic rings. The molecule has 3 aromatic rings. The molecule has 0 unspecified atom stereocenters. The molecule has 2 aromatic carbocycles. The third-order valence-corrected chi connectivity index (χ3v) is 3.05. The van der Waals surface area contributed by atoms with E-state index in [2.05, 4.69) is 15.6 Å². The Morgan fingerprint density at radius 1 is 1.16 bits per heavy atom. The second-order valence-corrected chi connectivity index (χ2v) is 4.58. The quantitative estimate of drug-likeness (QED) is 0.718. The fraction of sp³-hybridized carbons (Fsp3) is 0.0769. The average molecular weight is 275 g/mol. The largest absolute Gasteiger partial charge is 0.397 e. The van der Waals surface area contributed by atoms with Crippen LogP contribution in [0.4, 0.5) is 11.4 Å². The van der Waals surface area contributed by atoms with Crippen LogP contribution < -0.4 is 11.1 Å². The lowest BCUT2D eigenvalue weighted by Crippen LogP contribution is -2.00. The van der Waals surface area contributed by atoms with Gasteiger partial charge >= 0.3 is 0 Å². The zero-order valence-electron chi connectivity index (χ0n) is 9.93. The number of anilines is 2. The van der Waals surface area contributed by atoms with Crippen molar-refractivity contribution < 1.29 is 4.63 Å². The first-order valence-electron chi connectivity index (χ1n) is 5.73. The predicted octanol–water partition coefficient (Wildman–Crippen LogP) is 3.07. The Hall–Kier alpha value is -2.27. The van der Waals surface area contributed by atoms with E-state index in [0.29, 0.717) is 28.3 Å². The van der Waals surface area contributed by atoms with Gasteiger partial charge < -0.3 is 11.1 Å². The lowest BCUT2D eigenvalue weighted by molar-refractivity contribution is 0.316. The van der Waals surface area contributed by atoms with Gasteiger partial charge in [-0.05, 0) is 40.1 Å². The van der Waals surface area contributed by atoms with Gasteiger partial charge in [-0.15, -0.1) is 0 Å². The number of nitrogen functional groups attached to an aromatic ring is 1. The number of hydrogen-bond acceptors (Lipinski definition) is 5. The van der Waals surface area contributed by atoms with E-state index >= 15 is 0 Å². The summed E-state index contributed by atoms with van der Waals surface area (Å²) in [7, 11) is 0. The molecule has 0 spiro atoms. The number of nitrogens with zero attached hydrogens (tertiary/aromatic N) is 2. The van der Waals surface area contributed by atoms with Gasteiger partial charge in [-0.3, -0.25) is 0 Å². The van der Waals surface area contributed by atoms with E-state index in [-0.39, 0.29) is 0 Å². The minimum absolute atomic E-state index is 0.546. The first kappa shape index (κ1) is 11.8. The van der Waals surface area contributed by atoms with Gasteiger partial charge in [0.15, 0.2) is 11.0 Å². The first-order valence-corrected chi connectivity index (χ1v) is 6.11. The average Bonchev–Trinajstić information content (AvgIpc) is 2.88. The molecular formula is C13H11ClN4O. The van der Waals surface area contributed by atoms with Gasteiger partial charge in [-0.25, -0.2) is 4.63 Å². The summed E-state index contributed by atoms with van der Waals surface area (Å²) in [5, 5.41) is 11.6. The normalized spacial score (nSPS) is 10.8. The Labute approximate surface area is 114 Å². The minimum atomic E-state index is 0.546. The molecule has 5 nitrogen and oxygen atoms in total. The van der Waals surface area contributed by atoms with E-state index in [9.17, 15) is 0 Å². The van der Waals surface area contributed by atoms with Crippen molar-refractivity contribution in [1.82, 2.24) is 10.3 Å². The minimum Gasteiger partial charge on any atom is -0.397 e. The highest BCUT2D eigenvalue weighted by Gasteiger charge is 2.09. The van der Waals surface area contributed by atoms with Crippen molar-refractivity contribution in [2.75, 3.05) is 11.1 Å². The summed E-state index contributed by atoms with van der Waals surface area (Å²) < 4.78 is 4.72. The zero-order chi connectivity index (χ0) is 13.2. The molecule has 0 bridgehead atoms. The Kier molecular flexibility index (Phi) is 2.97. The predicted molar refractivity (Wildman–Crippen MR) is 75.0 cm³/mol. The maximum atomic E-state index is 5.94. The molecule has 1 aromatic heterocycles. The molecule has 0 fully saturated rings. The molecule has 0 amide bonds. The van der Waals surface area contributed by atoms with E-state index in [1.807, 2.05) is 30.3 Å². The summed E-state index contributed by atoms with van der Waals surface area (Å²) in [6, 6.07) is 11.3. The van der Waals surface area contributed by atoms with E-state index in [1.54, 1.807) is 6.07 Å². The molecular weight excluding hydrogens is 264 g/mol.